The molecule has 20 heavy (non-hydrogen) atoms. The summed E-state index contributed by atoms with van der Waals surface area (Å²) < 4.78 is 35.6. The van der Waals surface area contributed by atoms with Gasteiger partial charge in [0.05, 0.1) is 5.69 Å². The van der Waals surface area contributed by atoms with Crippen LogP contribution >= 0.6 is 0 Å². The topological polar surface area (TPSA) is 65.0 Å². The van der Waals surface area contributed by atoms with Crippen LogP contribution in [-0.2, 0) is 19.1 Å². The molecule has 5 nitrogen and oxygen atoms in total. The summed E-state index contributed by atoms with van der Waals surface area (Å²) in [4.78, 5) is 26.9. The van der Waals surface area contributed by atoms with Crippen LogP contribution < -0.4 is 0 Å². The zero-order valence-electron chi connectivity index (χ0n) is 10.7. The Bertz CT molecular complexity index is 558. The molecule has 1 aliphatic heterocycles. The van der Waals surface area contributed by atoms with Gasteiger partial charge >= 0.3 is 11.9 Å². The van der Waals surface area contributed by atoms with Gasteiger partial charge in [-0.3, -0.25) is 14.6 Å². The fraction of sp³-hybridized carbons (Fsp3) is 0.308. The van der Waals surface area contributed by atoms with E-state index in [-0.39, 0.29) is 5.69 Å². The molecular formula is C13H11F2NO4. The van der Waals surface area contributed by atoms with Gasteiger partial charge in [0.1, 0.15) is 11.6 Å². The van der Waals surface area contributed by atoms with Crippen molar-refractivity contribution in [3.05, 3.63) is 29.8 Å². The zero-order chi connectivity index (χ0) is 14.9. The molecule has 1 aliphatic rings. The Labute approximate surface area is 113 Å². The lowest BCUT2D eigenvalue weighted by Crippen LogP contribution is -2.46. The van der Waals surface area contributed by atoms with E-state index >= 15 is 0 Å². The highest BCUT2D eigenvalue weighted by atomic mass is 19.1. The summed E-state index contributed by atoms with van der Waals surface area (Å²) in [5, 5.41) is 0. The highest BCUT2D eigenvalue weighted by Crippen LogP contribution is 2.23. The van der Waals surface area contributed by atoms with Gasteiger partial charge < -0.3 is 9.47 Å². The van der Waals surface area contributed by atoms with Crippen LogP contribution in [0.5, 0.6) is 0 Å². The lowest BCUT2D eigenvalue weighted by Gasteiger charge is -2.31. The van der Waals surface area contributed by atoms with Gasteiger partial charge in [0.25, 0.3) is 5.79 Å². The lowest BCUT2D eigenvalue weighted by atomic mass is 10.1. The summed E-state index contributed by atoms with van der Waals surface area (Å²) >= 11 is 0. The molecule has 1 heterocycles. The van der Waals surface area contributed by atoms with E-state index in [0.717, 1.165) is 18.3 Å². The van der Waals surface area contributed by atoms with Crippen LogP contribution in [0, 0.1) is 17.6 Å². The Kier molecular flexibility index (Phi) is 3.52. The summed E-state index contributed by atoms with van der Waals surface area (Å²) in [6, 6.07) is 2.61. The molecule has 0 radical (unpaired) electrons. The summed E-state index contributed by atoms with van der Waals surface area (Å²) in [7, 11) is 0. The molecule has 7 heteroatoms. The molecule has 0 bridgehead atoms. The zero-order valence-corrected chi connectivity index (χ0v) is 10.7. The maximum atomic E-state index is 13.0. The molecular weight excluding hydrogens is 272 g/mol. The summed E-state index contributed by atoms with van der Waals surface area (Å²) in [6.45, 7) is 2.83. The first kappa shape index (κ1) is 14.1. The van der Waals surface area contributed by atoms with Gasteiger partial charge in [-0.25, -0.2) is 8.78 Å². The van der Waals surface area contributed by atoms with Crippen molar-refractivity contribution < 1.29 is 27.8 Å². The van der Waals surface area contributed by atoms with Gasteiger partial charge in [0, 0.05) is 26.1 Å². The van der Waals surface area contributed by atoms with E-state index in [1.54, 1.807) is 0 Å². The number of benzene rings is 1. The number of esters is 2. The van der Waals surface area contributed by atoms with Crippen molar-refractivity contribution in [3.8, 4) is 0 Å². The first-order valence-corrected chi connectivity index (χ1v) is 5.73. The van der Waals surface area contributed by atoms with Gasteiger partial charge in [0.15, 0.2) is 5.92 Å². The molecule has 0 atom stereocenters. The molecule has 1 fully saturated rings. The van der Waals surface area contributed by atoms with Gasteiger partial charge in [-0.05, 0) is 12.1 Å². The van der Waals surface area contributed by atoms with Gasteiger partial charge in [-0.2, -0.15) is 0 Å². The fourth-order valence-electron chi connectivity index (χ4n) is 1.62. The predicted octanol–water partition coefficient (Wildman–Crippen LogP) is 2.12. The molecule has 0 saturated carbocycles. The highest BCUT2D eigenvalue weighted by Gasteiger charge is 2.42. The third-order valence-corrected chi connectivity index (χ3v) is 2.42. The summed E-state index contributed by atoms with van der Waals surface area (Å²) in [5.41, 5.74) is -0.0621. The van der Waals surface area contributed by atoms with Crippen molar-refractivity contribution in [1.29, 1.82) is 0 Å². The number of rotatable bonds is 2. The van der Waals surface area contributed by atoms with E-state index in [4.69, 9.17) is 9.47 Å². The quantitative estimate of drug-likeness (QED) is 0.474. The maximum absolute atomic E-state index is 13.0. The van der Waals surface area contributed by atoms with Crippen LogP contribution in [0.2, 0.25) is 0 Å². The predicted molar refractivity (Wildman–Crippen MR) is 64.3 cm³/mol. The fourth-order valence-corrected chi connectivity index (χ4v) is 1.62. The van der Waals surface area contributed by atoms with Crippen LogP contribution in [-0.4, -0.2) is 23.9 Å². The standard InChI is InChI=1S/C13H11F2NO4/c1-13(2)19-11(17)10(12(18)20-13)6-16-9-4-7(14)3-8(15)5-9/h3-6,10H,1-2H3. The molecule has 1 saturated heterocycles. The number of hydrogen-bond donors (Lipinski definition) is 0. The third-order valence-electron chi connectivity index (χ3n) is 2.42. The molecule has 0 amide bonds. The minimum atomic E-state index is -1.35. The van der Waals surface area contributed by atoms with Crippen LogP contribution in [0.15, 0.2) is 23.2 Å². The van der Waals surface area contributed by atoms with Crippen LogP contribution in [0.4, 0.5) is 14.5 Å². The number of halogens is 2. The first-order chi connectivity index (χ1) is 9.27. The van der Waals surface area contributed by atoms with Crippen molar-refractivity contribution in [2.75, 3.05) is 0 Å². The summed E-state index contributed by atoms with van der Waals surface area (Å²) in [5.74, 6) is -5.96. The Hall–Kier alpha value is -2.31. The number of carbonyl (C=O) groups excluding carboxylic acids is 2. The average molecular weight is 283 g/mol. The van der Waals surface area contributed by atoms with Crippen LogP contribution in [0.25, 0.3) is 0 Å². The van der Waals surface area contributed by atoms with Crippen molar-refractivity contribution in [2.24, 2.45) is 10.9 Å². The van der Waals surface area contributed by atoms with Crippen molar-refractivity contribution in [3.63, 3.8) is 0 Å². The largest absolute Gasteiger partial charge is 0.422 e. The number of ether oxygens (including phenoxy) is 2. The molecule has 106 valence electrons. The van der Waals surface area contributed by atoms with E-state index in [2.05, 4.69) is 4.99 Å². The molecule has 1 aromatic carbocycles. The number of nitrogens with zero attached hydrogens (tertiary/aromatic N) is 1. The maximum Gasteiger partial charge on any atom is 0.329 e. The van der Waals surface area contributed by atoms with E-state index in [1.165, 1.54) is 13.8 Å². The molecule has 1 aromatic rings. The summed E-state index contributed by atoms with van der Waals surface area (Å²) in [6.07, 6.45) is 0.939. The molecule has 0 N–H and O–H groups in total. The third kappa shape index (κ3) is 3.17. The normalized spacial score (nSPS) is 19.0. The van der Waals surface area contributed by atoms with Crippen LogP contribution in [0.1, 0.15) is 13.8 Å². The molecule has 0 aromatic heterocycles. The van der Waals surface area contributed by atoms with Crippen molar-refractivity contribution >= 4 is 23.8 Å². The monoisotopic (exact) mass is 283 g/mol. The van der Waals surface area contributed by atoms with Crippen molar-refractivity contribution in [2.45, 2.75) is 19.6 Å². The van der Waals surface area contributed by atoms with Gasteiger partial charge in [-0.1, -0.05) is 0 Å². The Balaban J connectivity index is 2.19. The molecule has 0 unspecified atom stereocenters. The van der Waals surface area contributed by atoms with E-state index in [9.17, 15) is 18.4 Å². The second kappa shape index (κ2) is 4.99. The van der Waals surface area contributed by atoms with E-state index < -0.39 is 35.3 Å². The molecule has 0 aliphatic carbocycles. The first-order valence-electron chi connectivity index (χ1n) is 5.73. The average Bonchev–Trinajstić information content (AvgIpc) is 2.24. The number of hydrogen-bond acceptors (Lipinski definition) is 5. The van der Waals surface area contributed by atoms with Crippen molar-refractivity contribution in [1.82, 2.24) is 0 Å². The number of cyclic esters (lactones) is 2. The molecule has 0 spiro atoms. The number of carbonyl (C=O) groups is 2. The minimum Gasteiger partial charge on any atom is -0.422 e. The Morgan fingerprint density at radius 2 is 1.60 bits per heavy atom. The second-order valence-corrected chi connectivity index (χ2v) is 4.63. The minimum absolute atomic E-state index is 0.0621. The van der Waals surface area contributed by atoms with E-state index in [0.29, 0.717) is 6.07 Å². The van der Waals surface area contributed by atoms with Crippen LogP contribution in [0.3, 0.4) is 0 Å². The highest BCUT2D eigenvalue weighted by molar-refractivity contribution is 6.10. The number of aliphatic imine (C=N–C) groups is 1. The SMILES string of the molecule is CC1(C)OC(=O)C(C=Nc2cc(F)cc(F)c2)C(=O)O1. The molecule has 2 rings (SSSR count). The second-order valence-electron chi connectivity index (χ2n) is 4.63. The van der Waals surface area contributed by atoms with Gasteiger partial charge in [0.2, 0.25) is 0 Å². The van der Waals surface area contributed by atoms with E-state index in [1.807, 2.05) is 0 Å². The smallest absolute Gasteiger partial charge is 0.329 e. The Morgan fingerprint density at radius 1 is 1.10 bits per heavy atom. The Morgan fingerprint density at radius 3 is 2.10 bits per heavy atom. The lowest BCUT2D eigenvalue weighted by molar-refractivity contribution is -0.235. The van der Waals surface area contributed by atoms with Gasteiger partial charge in [-0.15, -0.1) is 0 Å².